The summed E-state index contributed by atoms with van der Waals surface area (Å²) in [5.74, 6) is 0.626. The molecule has 3 aromatic rings. The van der Waals surface area contributed by atoms with E-state index < -0.39 is 6.10 Å². The van der Waals surface area contributed by atoms with Gasteiger partial charge >= 0.3 is 0 Å². The van der Waals surface area contributed by atoms with Crippen molar-refractivity contribution in [1.29, 1.82) is 0 Å². The van der Waals surface area contributed by atoms with E-state index in [4.69, 9.17) is 10.5 Å². The highest BCUT2D eigenvalue weighted by molar-refractivity contribution is 5.93. The summed E-state index contributed by atoms with van der Waals surface area (Å²) in [6.45, 7) is 0. The summed E-state index contributed by atoms with van der Waals surface area (Å²) >= 11 is 0. The van der Waals surface area contributed by atoms with Crippen molar-refractivity contribution in [2.75, 3.05) is 12.8 Å². The van der Waals surface area contributed by atoms with Gasteiger partial charge in [0.25, 0.3) is 0 Å². The van der Waals surface area contributed by atoms with Crippen molar-refractivity contribution in [3.8, 4) is 5.75 Å². The van der Waals surface area contributed by atoms with Crippen LogP contribution in [0, 0.1) is 0 Å². The number of nitrogen functional groups attached to an aromatic ring is 1. The molecular weight excluding hydrogens is 286 g/mol. The van der Waals surface area contributed by atoms with Crippen LogP contribution in [0.25, 0.3) is 10.8 Å². The predicted octanol–water partition coefficient (Wildman–Crippen LogP) is 3.61. The first-order valence-electron chi connectivity index (χ1n) is 7.84. The van der Waals surface area contributed by atoms with E-state index >= 15 is 0 Å². The fourth-order valence-electron chi connectivity index (χ4n) is 3.61. The lowest BCUT2D eigenvalue weighted by Crippen LogP contribution is -2.03. The molecule has 0 heterocycles. The Morgan fingerprint density at radius 2 is 1.83 bits per heavy atom. The zero-order chi connectivity index (χ0) is 16.0. The van der Waals surface area contributed by atoms with Crippen molar-refractivity contribution in [1.82, 2.24) is 0 Å². The van der Waals surface area contributed by atoms with E-state index in [9.17, 15) is 5.11 Å². The molecule has 1 aliphatic rings. The van der Waals surface area contributed by atoms with Crippen molar-refractivity contribution in [2.24, 2.45) is 0 Å². The fourth-order valence-corrected chi connectivity index (χ4v) is 3.61. The van der Waals surface area contributed by atoms with Gasteiger partial charge in [0.1, 0.15) is 11.9 Å². The Morgan fingerprint density at radius 3 is 2.57 bits per heavy atom. The van der Waals surface area contributed by atoms with Crippen LogP contribution in [-0.4, -0.2) is 12.2 Å². The Balaban J connectivity index is 1.85. The highest BCUT2D eigenvalue weighted by Crippen LogP contribution is 2.37. The van der Waals surface area contributed by atoms with Crippen LogP contribution in [0.4, 0.5) is 5.69 Å². The molecule has 116 valence electrons. The first kappa shape index (κ1) is 14.1. The SMILES string of the molecule is COc1ccc(C(O)c2ccc3c4c(cccc24)CC3)cc1N. The second kappa shape index (κ2) is 5.28. The predicted molar refractivity (Wildman–Crippen MR) is 92.8 cm³/mol. The van der Waals surface area contributed by atoms with E-state index in [1.807, 2.05) is 12.1 Å². The Kier molecular flexibility index (Phi) is 3.24. The number of hydrogen-bond donors (Lipinski definition) is 2. The summed E-state index contributed by atoms with van der Waals surface area (Å²) < 4.78 is 5.19. The third-order valence-electron chi connectivity index (χ3n) is 4.77. The van der Waals surface area contributed by atoms with E-state index in [-0.39, 0.29) is 0 Å². The van der Waals surface area contributed by atoms with Crippen LogP contribution < -0.4 is 10.5 Å². The molecule has 0 spiro atoms. The molecule has 1 unspecified atom stereocenters. The minimum atomic E-state index is -0.701. The molecule has 3 nitrogen and oxygen atoms in total. The van der Waals surface area contributed by atoms with Crippen molar-refractivity contribution in [2.45, 2.75) is 18.9 Å². The standard InChI is InChI=1S/C20H19NO2/c1-23-18-10-8-14(11-17(18)21)20(22)16-9-7-13-6-5-12-3-2-4-15(16)19(12)13/h2-4,7-11,20,22H,5-6,21H2,1H3. The summed E-state index contributed by atoms with van der Waals surface area (Å²) in [4.78, 5) is 0. The van der Waals surface area contributed by atoms with Gasteiger partial charge in [-0.3, -0.25) is 0 Å². The number of rotatable bonds is 3. The monoisotopic (exact) mass is 305 g/mol. The maximum absolute atomic E-state index is 10.9. The average molecular weight is 305 g/mol. The number of hydrogen-bond acceptors (Lipinski definition) is 3. The first-order valence-corrected chi connectivity index (χ1v) is 7.84. The van der Waals surface area contributed by atoms with Gasteiger partial charge in [-0.25, -0.2) is 0 Å². The molecule has 23 heavy (non-hydrogen) atoms. The van der Waals surface area contributed by atoms with E-state index in [2.05, 4.69) is 24.3 Å². The molecule has 4 rings (SSSR count). The molecule has 0 saturated carbocycles. The van der Waals surface area contributed by atoms with Gasteiger partial charge < -0.3 is 15.6 Å². The largest absolute Gasteiger partial charge is 0.495 e. The van der Waals surface area contributed by atoms with Gasteiger partial charge in [-0.15, -0.1) is 0 Å². The lowest BCUT2D eigenvalue weighted by Gasteiger charge is -2.16. The smallest absolute Gasteiger partial charge is 0.141 e. The molecule has 0 bridgehead atoms. The lowest BCUT2D eigenvalue weighted by molar-refractivity contribution is 0.222. The third-order valence-corrected chi connectivity index (χ3v) is 4.77. The van der Waals surface area contributed by atoms with Crippen LogP contribution in [0.5, 0.6) is 5.75 Å². The number of anilines is 1. The maximum atomic E-state index is 10.9. The average Bonchev–Trinajstić information content (AvgIpc) is 3.00. The highest BCUT2D eigenvalue weighted by Gasteiger charge is 2.20. The zero-order valence-electron chi connectivity index (χ0n) is 13.0. The maximum Gasteiger partial charge on any atom is 0.141 e. The molecule has 3 N–H and O–H groups in total. The fraction of sp³-hybridized carbons (Fsp3) is 0.200. The lowest BCUT2D eigenvalue weighted by atomic mass is 9.93. The van der Waals surface area contributed by atoms with Gasteiger partial charge in [0, 0.05) is 0 Å². The van der Waals surface area contributed by atoms with Gasteiger partial charge in [-0.05, 0) is 58.0 Å². The minimum Gasteiger partial charge on any atom is -0.495 e. The number of methoxy groups -OCH3 is 1. The molecule has 3 aromatic carbocycles. The summed E-state index contributed by atoms with van der Waals surface area (Å²) in [6.07, 6.45) is 1.47. The molecule has 1 atom stereocenters. The number of aliphatic hydroxyl groups is 1. The summed E-state index contributed by atoms with van der Waals surface area (Å²) in [7, 11) is 1.59. The van der Waals surface area contributed by atoms with E-state index in [1.54, 1.807) is 19.2 Å². The number of benzene rings is 3. The van der Waals surface area contributed by atoms with Gasteiger partial charge in [0.05, 0.1) is 12.8 Å². The second-order valence-electron chi connectivity index (χ2n) is 6.06. The molecule has 3 heteroatoms. The molecule has 0 saturated heterocycles. The second-order valence-corrected chi connectivity index (χ2v) is 6.06. The molecule has 0 amide bonds. The van der Waals surface area contributed by atoms with Gasteiger partial charge in [0.2, 0.25) is 0 Å². The van der Waals surface area contributed by atoms with Crippen molar-refractivity contribution < 1.29 is 9.84 Å². The van der Waals surface area contributed by atoms with Crippen LogP contribution in [0.1, 0.15) is 28.4 Å². The van der Waals surface area contributed by atoms with Crippen molar-refractivity contribution in [3.63, 3.8) is 0 Å². The van der Waals surface area contributed by atoms with Gasteiger partial charge in [0.15, 0.2) is 0 Å². The van der Waals surface area contributed by atoms with Crippen molar-refractivity contribution >= 4 is 16.5 Å². The Hall–Kier alpha value is -2.52. The van der Waals surface area contributed by atoms with Gasteiger partial charge in [-0.2, -0.15) is 0 Å². The highest BCUT2D eigenvalue weighted by atomic mass is 16.5. The Morgan fingerprint density at radius 1 is 1.04 bits per heavy atom. The number of aliphatic hydroxyl groups excluding tert-OH is 1. The van der Waals surface area contributed by atoms with Crippen LogP contribution in [0.3, 0.4) is 0 Å². The van der Waals surface area contributed by atoms with Crippen LogP contribution >= 0.6 is 0 Å². The minimum absolute atomic E-state index is 0.537. The third kappa shape index (κ3) is 2.16. The van der Waals surface area contributed by atoms with Crippen molar-refractivity contribution in [3.05, 3.63) is 70.8 Å². The molecule has 0 aliphatic heterocycles. The number of nitrogens with two attached hydrogens (primary N) is 1. The summed E-state index contributed by atoms with van der Waals surface area (Å²) in [6, 6.07) is 16.0. The topological polar surface area (TPSA) is 55.5 Å². The van der Waals surface area contributed by atoms with Gasteiger partial charge in [-0.1, -0.05) is 36.4 Å². The number of aryl methyl sites for hydroxylation is 2. The molecule has 1 aliphatic carbocycles. The summed E-state index contributed by atoms with van der Waals surface area (Å²) in [5.41, 5.74) is 11.0. The van der Waals surface area contributed by atoms with Crippen LogP contribution in [0.15, 0.2) is 48.5 Å². The van der Waals surface area contributed by atoms with Crippen LogP contribution in [0.2, 0.25) is 0 Å². The van der Waals surface area contributed by atoms with E-state index in [1.165, 1.54) is 16.5 Å². The first-order chi connectivity index (χ1) is 11.2. The molecular formula is C20H19NO2. The molecule has 0 radical (unpaired) electrons. The Bertz CT molecular complexity index is 891. The molecule has 0 fully saturated rings. The summed E-state index contributed by atoms with van der Waals surface area (Å²) in [5, 5.41) is 13.3. The normalized spacial score (nSPS) is 14.2. The Labute approximate surface area is 135 Å². The zero-order valence-corrected chi connectivity index (χ0v) is 13.0. The van der Waals surface area contributed by atoms with Crippen LogP contribution in [-0.2, 0) is 12.8 Å². The van der Waals surface area contributed by atoms with E-state index in [0.717, 1.165) is 29.4 Å². The number of ether oxygens (including phenoxy) is 1. The van der Waals surface area contributed by atoms with E-state index in [0.29, 0.717) is 11.4 Å². The quantitative estimate of drug-likeness (QED) is 0.727. The molecule has 0 aromatic heterocycles.